The lowest BCUT2D eigenvalue weighted by atomic mass is 9.84. The van der Waals surface area contributed by atoms with Gasteiger partial charge < -0.3 is 15.8 Å². The van der Waals surface area contributed by atoms with Gasteiger partial charge in [-0.25, -0.2) is 4.79 Å². The maximum absolute atomic E-state index is 12.5. The van der Waals surface area contributed by atoms with Crippen molar-refractivity contribution in [3.63, 3.8) is 0 Å². The van der Waals surface area contributed by atoms with Crippen molar-refractivity contribution >= 4 is 17.6 Å². The first kappa shape index (κ1) is 15.0. The third-order valence-electron chi connectivity index (χ3n) is 4.95. The number of nitrogens with one attached hydrogen (secondary N) is 1. The molecule has 0 aromatic heterocycles. The Kier molecular flexibility index (Phi) is 4.16. The van der Waals surface area contributed by atoms with Crippen LogP contribution in [0.4, 0.5) is 5.69 Å². The third kappa shape index (κ3) is 2.73. The first-order valence-corrected chi connectivity index (χ1v) is 7.93. The number of benzene rings is 1. The lowest BCUT2D eigenvalue weighted by Gasteiger charge is -2.27. The van der Waals surface area contributed by atoms with Crippen molar-refractivity contribution in [2.45, 2.75) is 32.2 Å². The van der Waals surface area contributed by atoms with Crippen LogP contribution in [-0.4, -0.2) is 24.5 Å². The molecule has 2 aliphatic rings. The summed E-state index contributed by atoms with van der Waals surface area (Å²) in [5.41, 5.74) is 7.36. The SMILES string of the molecule is CCOC(=O)c1ccc(NC(=O)C2C3CCC(C3)C2N)cc1. The summed E-state index contributed by atoms with van der Waals surface area (Å²) in [6, 6.07) is 6.76. The molecule has 3 N–H and O–H groups in total. The van der Waals surface area contributed by atoms with Gasteiger partial charge in [-0.1, -0.05) is 0 Å². The molecule has 2 aliphatic carbocycles. The van der Waals surface area contributed by atoms with Gasteiger partial charge in [-0.15, -0.1) is 0 Å². The van der Waals surface area contributed by atoms with E-state index in [-0.39, 0.29) is 23.8 Å². The molecule has 2 fully saturated rings. The molecule has 2 saturated carbocycles. The Labute approximate surface area is 130 Å². The van der Waals surface area contributed by atoms with Gasteiger partial charge in [0.15, 0.2) is 0 Å². The molecule has 22 heavy (non-hydrogen) atoms. The van der Waals surface area contributed by atoms with E-state index in [9.17, 15) is 9.59 Å². The van der Waals surface area contributed by atoms with Crippen molar-refractivity contribution in [3.05, 3.63) is 29.8 Å². The maximum Gasteiger partial charge on any atom is 0.338 e. The monoisotopic (exact) mass is 302 g/mol. The molecule has 0 radical (unpaired) electrons. The number of hydrogen-bond acceptors (Lipinski definition) is 4. The van der Waals surface area contributed by atoms with Gasteiger partial charge in [0, 0.05) is 11.7 Å². The number of ether oxygens (including phenoxy) is 1. The molecule has 0 heterocycles. The van der Waals surface area contributed by atoms with E-state index < -0.39 is 0 Å². The summed E-state index contributed by atoms with van der Waals surface area (Å²) in [5.74, 6) is 0.508. The molecule has 1 amide bonds. The molecular weight excluding hydrogens is 280 g/mol. The molecule has 4 unspecified atom stereocenters. The van der Waals surface area contributed by atoms with Gasteiger partial charge in [0.2, 0.25) is 5.91 Å². The van der Waals surface area contributed by atoms with Crippen molar-refractivity contribution in [2.24, 2.45) is 23.5 Å². The highest BCUT2D eigenvalue weighted by Gasteiger charge is 2.49. The summed E-state index contributed by atoms with van der Waals surface area (Å²) >= 11 is 0. The molecular formula is C17H22N2O3. The molecule has 0 aliphatic heterocycles. The zero-order valence-corrected chi connectivity index (χ0v) is 12.7. The van der Waals surface area contributed by atoms with E-state index >= 15 is 0 Å². The van der Waals surface area contributed by atoms with Crippen LogP contribution in [0.15, 0.2) is 24.3 Å². The van der Waals surface area contributed by atoms with Crippen molar-refractivity contribution in [1.29, 1.82) is 0 Å². The number of hydrogen-bond donors (Lipinski definition) is 2. The van der Waals surface area contributed by atoms with E-state index in [0.717, 1.165) is 19.3 Å². The Morgan fingerprint density at radius 3 is 2.50 bits per heavy atom. The van der Waals surface area contributed by atoms with Crippen molar-refractivity contribution in [3.8, 4) is 0 Å². The lowest BCUT2D eigenvalue weighted by molar-refractivity contribution is -0.121. The average Bonchev–Trinajstić information content (AvgIpc) is 3.09. The number of fused-ring (bicyclic) bond motifs is 2. The molecule has 0 spiro atoms. The number of carbonyl (C=O) groups excluding carboxylic acids is 2. The summed E-state index contributed by atoms with van der Waals surface area (Å²) in [4.78, 5) is 24.0. The Bertz CT molecular complexity index is 568. The molecule has 5 heteroatoms. The second-order valence-electron chi connectivity index (χ2n) is 6.22. The third-order valence-corrected chi connectivity index (χ3v) is 4.95. The second-order valence-corrected chi connectivity index (χ2v) is 6.22. The first-order chi connectivity index (χ1) is 10.6. The second kappa shape index (κ2) is 6.08. The number of amides is 1. The van der Waals surface area contributed by atoms with Crippen LogP contribution < -0.4 is 11.1 Å². The first-order valence-electron chi connectivity index (χ1n) is 7.93. The molecule has 1 aromatic rings. The number of nitrogens with two attached hydrogens (primary N) is 1. The van der Waals surface area contributed by atoms with E-state index in [1.165, 1.54) is 0 Å². The molecule has 1 aromatic carbocycles. The Morgan fingerprint density at radius 2 is 1.91 bits per heavy atom. The van der Waals surface area contributed by atoms with Crippen molar-refractivity contribution < 1.29 is 14.3 Å². The fourth-order valence-corrected chi connectivity index (χ4v) is 3.85. The van der Waals surface area contributed by atoms with Crippen LogP contribution in [0.2, 0.25) is 0 Å². The number of esters is 1. The van der Waals surface area contributed by atoms with E-state index in [2.05, 4.69) is 5.32 Å². The Balaban J connectivity index is 1.63. The van der Waals surface area contributed by atoms with Crippen LogP contribution in [0.5, 0.6) is 0 Å². The molecule has 4 atom stereocenters. The lowest BCUT2D eigenvalue weighted by Crippen LogP contribution is -2.42. The van der Waals surface area contributed by atoms with Crippen LogP contribution in [0.3, 0.4) is 0 Å². The zero-order valence-electron chi connectivity index (χ0n) is 12.7. The Morgan fingerprint density at radius 1 is 1.23 bits per heavy atom. The highest BCUT2D eigenvalue weighted by molar-refractivity contribution is 5.95. The van der Waals surface area contributed by atoms with Crippen LogP contribution in [0, 0.1) is 17.8 Å². The Hall–Kier alpha value is -1.88. The minimum atomic E-state index is -0.351. The summed E-state index contributed by atoms with van der Waals surface area (Å²) in [5, 5.41) is 2.93. The summed E-state index contributed by atoms with van der Waals surface area (Å²) in [6.07, 6.45) is 3.35. The minimum absolute atomic E-state index is 0.00332. The number of rotatable bonds is 4. The number of anilines is 1. The summed E-state index contributed by atoms with van der Waals surface area (Å²) < 4.78 is 4.93. The van der Waals surface area contributed by atoms with Crippen molar-refractivity contribution in [1.82, 2.24) is 0 Å². The van der Waals surface area contributed by atoms with Gasteiger partial charge in [0.1, 0.15) is 0 Å². The minimum Gasteiger partial charge on any atom is -0.462 e. The number of carbonyl (C=O) groups is 2. The molecule has 5 nitrogen and oxygen atoms in total. The zero-order chi connectivity index (χ0) is 15.7. The van der Waals surface area contributed by atoms with E-state index in [1.807, 2.05) is 0 Å². The maximum atomic E-state index is 12.5. The van der Waals surface area contributed by atoms with Crippen LogP contribution in [0.25, 0.3) is 0 Å². The van der Waals surface area contributed by atoms with Gasteiger partial charge in [0.05, 0.1) is 18.1 Å². The standard InChI is InChI=1S/C17H22N2O3/c1-2-22-17(21)10-5-7-13(8-6-10)19-16(20)14-11-3-4-12(9-11)15(14)18/h5-8,11-12,14-15H,2-4,9,18H2,1H3,(H,19,20). The van der Waals surface area contributed by atoms with E-state index in [4.69, 9.17) is 10.5 Å². The molecule has 118 valence electrons. The largest absolute Gasteiger partial charge is 0.462 e. The van der Waals surface area contributed by atoms with Crippen LogP contribution in [-0.2, 0) is 9.53 Å². The van der Waals surface area contributed by atoms with E-state index in [1.54, 1.807) is 31.2 Å². The predicted octanol–water partition coefficient (Wildman–Crippen LogP) is 2.18. The van der Waals surface area contributed by atoms with E-state index in [0.29, 0.717) is 29.7 Å². The highest BCUT2D eigenvalue weighted by Crippen LogP contribution is 2.47. The smallest absolute Gasteiger partial charge is 0.338 e. The molecule has 2 bridgehead atoms. The van der Waals surface area contributed by atoms with Crippen molar-refractivity contribution in [2.75, 3.05) is 11.9 Å². The quantitative estimate of drug-likeness (QED) is 0.835. The van der Waals surface area contributed by atoms with Gasteiger partial charge >= 0.3 is 5.97 Å². The van der Waals surface area contributed by atoms with Gasteiger partial charge in [-0.3, -0.25) is 4.79 Å². The fraction of sp³-hybridized carbons (Fsp3) is 0.529. The fourth-order valence-electron chi connectivity index (χ4n) is 3.85. The summed E-state index contributed by atoms with van der Waals surface area (Å²) in [6.45, 7) is 2.12. The summed E-state index contributed by atoms with van der Waals surface area (Å²) in [7, 11) is 0. The highest BCUT2D eigenvalue weighted by atomic mass is 16.5. The predicted molar refractivity (Wildman–Crippen MR) is 83.3 cm³/mol. The topological polar surface area (TPSA) is 81.4 Å². The normalized spacial score (nSPS) is 29.4. The molecule has 0 saturated heterocycles. The van der Waals surface area contributed by atoms with Gasteiger partial charge in [-0.05, 0) is 62.3 Å². The van der Waals surface area contributed by atoms with Crippen LogP contribution >= 0.6 is 0 Å². The van der Waals surface area contributed by atoms with Crippen LogP contribution in [0.1, 0.15) is 36.5 Å². The molecule has 3 rings (SSSR count). The average molecular weight is 302 g/mol. The van der Waals surface area contributed by atoms with Gasteiger partial charge in [-0.2, -0.15) is 0 Å². The van der Waals surface area contributed by atoms with Gasteiger partial charge in [0.25, 0.3) is 0 Å².